The van der Waals surface area contributed by atoms with Crippen LogP contribution in [-0.2, 0) is 27.8 Å². The summed E-state index contributed by atoms with van der Waals surface area (Å²) in [5.41, 5.74) is 2.76. The maximum atomic E-state index is 13.5. The summed E-state index contributed by atoms with van der Waals surface area (Å²) in [5.74, 6) is 0.555. The van der Waals surface area contributed by atoms with Gasteiger partial charge in [0.1, 0.15) is 5.75 Å². The SMILES string of the molecule is CN(C(=O)[C@H]1Cc2cc(CNS(C)(=O)=O)ccc2O1)[C@H](CN1CC[C@H](O)C1)c1ccccc1. The van der Waals surface area contributed by atoms with Crippen LogP contribution in [0.5, 0.6) is 5.75 Å². The number of likely N-dealkylation sites (tertiary alicyclic amines) is 1. The summed E-state index contributed by atoms with van der Waals surface area (Å²) in [6, 6.07) is 15.3. The van der Waals surface area contributed by atoms with E-state index >= 15 is 0 Å². The first-order valence-electron chi connectivity index (χ1n) is 11.1. The molecule has 2 heterocycles. The number of nitrogens with one attached hydrogen (secondary N) is 1. The van der Waals surface area contributed by atoms with Crippen LogP contribution in [0.4, 0.5) is 0 Å². The molecule has 33 heavy (non-hydrogen) atoms. The number of carbonyl (C=O) groups excluding carboxylic acids is 1. The smallest absolute Gasteiger partial charge is 0.264 e. The Morgan fingerprint density at radius 2 is 2.03 bits per heavy atom. The van der Waals surface area contributed by atoms with Gasteiger partial charge in [0, 0.05) is 39.6 Å². The number of amides is 1. The lowest BCUT2D eigenvalue weighted by molar-refractivity contribution is -0.139. The van der Waals surface area contributed by atoms with Gasteiger partial charge in [-0.05, 0) is 29.2 Å². The molecule has 0 bridgehead atoms. The van der Waals surface area contributed by atoms with Gasteiger partial charge in [0.25, 0.3) is 5.91 Å². The summed E-state index contributed by atoms with van der Waals surface area (Å²) in [7, 11) is -1.48. The molecule has 0 aromatic heterocycles. The first-order valence-corrected chi connectivity index (χ1v) is 13.0. The Kier molecular flexibility index (Phi) is 7.04. The Labute approximate surface area is 195 Å². The van der Waals surface area contributed by atoms with Gasteiger partial charge < -0.3 is 14.7 Å². The standard InChI is InChI=1S/C24H31N3O5S/c1-26(21(18-6-4-3-5-7-18)16-27-11-10-20(28)15-27)24(29)23-13-19-12-17(8-9-22(19)32-23)14-25-33(2,30)31/h3-9,12,20-21,23,25,28H,10-11,13-16H2,1-2H3/t20-,21+,23+/m0/s1. The minimum atomic E-state index is -3.28. The van der Waals surface area contributed by atoms with Gasteiger partial charge in [0.15, 0.2) is 6.10 Å². The summed E-state index contributed by atoms with van der Waals surface area (Å²) < 4.78 is 31.2. The van der Waals surface area contributed by atoms with Crippen LogP contribution >= 0.6 is 0 Å². The highest BCUT2D eigenvalue weighted by Gasteiger charge is 2.35. The van der Waals surface area contributed by atoms with Crippen LogP contribution < -0.4 is 9.46 Å². The molecule has 2 aliphatic heterocycles. The van der Waals surface area contributed by atoms with Crippen LogP contribution in [0.15, 0.2) is 48.5 Å². The number of aliphatic hydroxyl groups excluding tert-OH is 1. The predicted octanol–water partition coefficient (Wildman–Crippen LogP) is 1.31. The molecule has 0 aliphatic carbocycles. The van der Waals surface area contributed by atoms with Gasteiger partial charge in [-0.25, -0.2) is 13.1 Å². The first-order chi connectivity index (χ1) is 15.7. The molecule has 2 aromatic carbocycles. The van der Waals surface area contributed by atoms with E-state index in [0.717, 1.165) is 35.9 Å². The second-order valence-corrected chi connectivity index (χ2v) is 10.8. The number of β-amino-alcohol motifs (C(OH)–C–C–N with tert-alkyl or cyclic N) is 1. The average molecular weight is 474 g/mol. The molecule has 2 aliphatic rings. The average Bonchev–Trinajstić information content (AvgIpc) is 3.40. The van der Waals surface area contributed by atoms with E-state index in [9.17, 15) is 18.3 Å². The minimum absolute atomic E-state index is 0.101. The number of aliphatic hydroxyl groups is 1. The second-order valence-electron chi connectivity index (χ2n) is 8.92. The molecule has 8 nitrogen and oxygen atoms in total. The molecule has 178 valence electrons. The highest BCUT2D eigenvalue weighted by molar-refractivity contribution is 7.88. The number of carbonyl (C=O) groups is 1. The van der Waals surface area contributed by atoms with E-state index in [4.69, 9.17) is 4.74 Å². The molecule has 3 atom stereocenters. The fraction of sp³-hybridized carbons (Fsp3) is 0.458. The maximum absolute atomic E-state index is 13.5. The van der Waals surface area contributed by atoms with Crippen molar-refractivity contribution in [1.82, 2.24) is 14.5 Å². The maximum Gasteiger partial charge on any atom is 0.264 e. The normalized spacial score (nSPS) is 21.4. The lowest BCUT2D eigenvalue weighted by Gasteiger charge is -2.33. The zero-order chi connectivity index (χ0) is 23.6. The Balaban J connectivity index is 1.46. The molecule has 4 rings (SSSR count). The van der Waals surface area contributed by atoms with Gasteiger partial charge in [-0.2, -0.15) is 0 Å². The molecular weight excluding hydrogens is 442 g/mol. The fourth-order valence-corrected chi connectivity index (χ4v) is 4.92. The van der Waals surface area contributed by atoms with Crippen molar-refractivity contribution in [2.24, 2.45) is 0 Å². The monoisotopic (exact) mass is 473 g/mol. The van der Waals surface area contributed by atoms with Crippen LogP contribution in [0.25, 0.3) is 0 Å². The highest BCUT2D eigenvalue weighted by Crippen LogP contribution is 2.32. The Morgan fingerprint density at radius 3 is 2.70 bits per heavy atom. The Bertz CT molecular complexity index is 1090. The molecule has 2 N–H and O–H groups in total. The Hall–Kier alpha value is -2.46. The zero-order valence-corrected chi connectivity index (χ0v) is 19.8. The van der Waals surface area contributed by atoms with Crippen LogP contribution in [0.3, 0.4) is 0 Å². The van der Waals surface area contributed by atoms with E-state index in [1.165, 1.54) is 0 Å². The van der Waals surface area contributed by atoms with Crippen molar-refractivity contribution in [1.29, 1.82) is 0 Å². The number of sulfonamides is 1. The second kappa shape index (κ2) is 9.80. The van der Waals surface area contributed by atoms with Crippen molar-refractivity contribution in [3.8, 4) is 5.75 Å². The third-order valence-corrected chi connectivity index (χ3v) is 6.96. The summed E-state index contributed by atoms with van der Waals surface area (Å²) >= 11 is 0. The summed E-state index contributed by atoms with van der Waals surface area (Å²) in [5, 5.41) is 9.93. The van der Waals surface area contributed by atoms with Gasteiger partial charge >= 0.3 is 0 Å². The van der Waals surface area contributed by atoms with Crippen molar-refractivity contribution in [3.05, 3.63) is 65.2 Å². The van der Waals surface area contributed by atoms with Gasteiger partial charge in [-0.1, -0.05) is 42.5 Å². The molecular formula is C24H31N3O5S. The summed E-state index contributed by atoms with van der Waals surface area (Å²) in [6.07, 6.45) is 1.37. The third kappa shape index (κ3) is 5.92. The molecule has 0 radical (unpaired) electrons. The molecule has 9 heteroatoms. The largest absolute Gasteiger partial charge is 0.480 e. The number of ether oxygens (including phenoxy) is 1. The molecule has 0 saturated carbocycles. The van der Waals surface area contributed by atoms with Gasteiger partial charge in [-0.15, -0.1) is 0 Å². The van der Waals surface area contributed by atoms with Crippen molar-refractivity contribution in [2.75, 3.05) is 32.9 Å². The molecule has 1 saturated heterocycles. The lowest BCUT2D eigenvalue weighted by Crippen LogP contribution is -2.44. The first kappa shape index (κ1) is 23.7. The van der Waals surface area contributed by atoms with Gasteiger partial charge in [0.2, 0.25) is 10.0 Å². The summed E-state index contributed by atoms with van der Waals surface area (Å²) in [6.45, 7) is 2.26. The number of hydrogen-bond donors (Lipinski definition) is 2. The van der Waals surface area contributed by atoms with Crippen molar-refractivity contribution < 1.29 is 23.1 Å². The quantitative estimate of drug-likeness (QED) is 0.600. The van der Waals surface area contributed by atoms with E-state index in [0.29, 0.717) is 25.3 Å². The number of likely N-dealkylation sites (N-methyl/N-ethyl adjacent to an activating group) is 1. The van der Waals surface area contributed by atoms with E-state index in [1.54, 1.807) is 24.1 Å². The number of rotatable bonds is 8. The number of fused-ring (bicyclic) bond motifs is 1. The molecule has 1 amide bonds. The highest BCUT2D eigenvalue weighted by atomic mass is 32.2. The number of hydrogen-bond acceptors (Lipinski definition) is 6. The fourth-order valence-electron chi connectivity index (χ4n) is 4.49. The topological polar surface area (TPSA) is 99.2 Å². The van der Waals surface area contributed by atoms with Crippen LogP contribution in [0, 0.1) is 0 Å². The molecule has 0 spiro atoms. The summed E-state index contributed by atoms with van der Waals surface area (Å²) in [4.78, 5) is 17.4. The molecule has 1 fully saturated rings. The lowest BCUT2D eigenvalue weighted by atomic mass is 10.0. The molecule has 2 aromatic rings. The van der Waals surface area contributed by atoms with Crippen LogP contribution in [-0.4, -0.2) is 74.4 Å². The van der Waals surface area contributed by atoms with E-state index in [2.05, 4.69) is 9.62 Å². The number of benzene rings is 2. The van der Waals surface area contributed by atoms with E-state index < -0.39 is 16.1 Å². The van der Waals surface area contributed by atoms with Crippen molar-refractivity contribution >= 4 is 15.9 Å². The predicted molar refractivity (Wildman–Crippen MR) is 125 cm³/mol. The van der Waals surface area contributed by atoms with E-state index in [-0.39, 0.29) is 24.6 Å². The van der Waals surface area contributed by atoms with Crippen LogP contribution in [0.1, 0.15) is 29.2 Å². The third-order valence-electron chi connectivity index (χ3n) is 6.29. The van der Waals surface area contributed by atoms with Crippen molar-refractivity contribution in [3.63, 3.8) is 0 Å². The van der Waals surface area contributed by atoms with Gasteiger partial charge in [0.05, 0.1) is 18.4 Å². The number of nitrogens with zero attached hydrogens (tertiary/aromatic N) is 2. The Morgan fingerprint density at radius 1 is 1.27 bits per heavy atom. The molecule has 0 unspecified atom stereocenters. The van der Waals surface area contributed by atoms with E-state index in [1.807, 2.05) is 36.4 Å². The van der Waals surface area contributed by atoms with Gasteiger partial charge in [-0.3, -0.25) is 9.69 Å². The van der Waals surface area contributed by atoms with Crippen molar-refractivity contribution in [2.45, 2.75) is 37.6 Å². The van der Waals surface area contributed by atoms with Crippen LogP contribution in [0.2, 0.25) is 0 Å². The zero-order valence-electron chi connectivity index (χ0n) is 19.0. The minimum Gasteiger partial charge on any atom is -0.480 e.